The first-order chi connectivity index (χ1) is 7.99. The topological polar surface area (TPSA) is 66.4 Å². The third kappa shape index (κ3) is 2.30. The molecule has 1 amide bonds. The molecule has 0 spiro atoms. The fourth-order valence-corrected chi connectivity index (χ4v) is 3.89. The van der Waals surface area contributed by atoms with Crippen molar-refractivity contribution in [3.8, 4) is 0 Å². The molecule has 0 bridgehead atoms. The first-order valence-corrected chi connectivity index (χ1v) is 7.17. The van der Waals surface area contributed by atoms with Crippen molar-refractivity contribution in [3.63, 3.8) is 0 Å². The first kappa shape index (κ1) is 12.7. The van der Waals surface area contributed by atoms with Crippen molar-refractivity contribution in [1.29, 1.82) is 0 Å². The highest BCUT2D eigenvalue weighted by atomic mass is 32.2. The van der Waals surface area contributed by atoms with E-state index in [0.29, 0.717) is 12.8 Å². The summed E-state index contributed by atoms with van der Waals surface area (Å²) in [5.74, 6) is 0.0172. The Labute approximate surface area is 106 Å². The number of carboxylic acid groups (broad SMARTS) is 1. The molecule has 0 aromatic carbocycles. The quantitative estimate of drug-likeness (QED) is 0.809. The summed E-state index contributed by atoms with van der Waals surface area (Å²) in [5, 5.41) is 12.1. The number of carboxylic acids is 1. The summed E-state index contributed by atoms with van der Waals surface area (Å²) >= 11 is 1.64. The van der Waals surface area contributed by atoms with Crippen molar-refractivity contribution in [3.05, 3.63) is 0 Å². The van der Waals surface area contributed by atoms with Gasteiger partial charge < -0.3 is 10.4 Å². The van der Waals surface area contributed by atoms with Gasteiger partial charge in [-0.25, -0.2) is 4.79 Å². The van der Waals surface area contributed by atoms with Crippen LogP contribution in [0.4, 0.5) is 0 Å². The Morgan fingerprint density at radius 2 is 1.82 bits per heavy atom. The summed E-state index contributed by atoms with van der Waals surface area (Å²) in [7, 11) is 0. The van der Waals surface area contributed by atoms with Crippen LogP contribution in [0.15, 0.2) is 0 Å². The Hall–Kier alpha value is -0.710. The van der Waals surface area contributed by atoms with Crippen LogP contribution in [0.5, 0.6) is 0 Å². The van der Waals surface area contributed by atoms with Gasteiger partial charge in [0, 0.05) is 0 Å². The molecule has 2 N–H and O–H groups in total. The van der Waals surface area contributed by atoms with Gasteiger partial charge in [0.15, 0.2) is 0 Å². The Kier molecular flexibility index (Phi) is 3.39. The second kappa shape index (κ2) is 4.52. The van der Waals surface area contributed by atoms with Gasteiger partial charge in [-0.05, 0) is 38.4 Å². The fraction of sp³-hybridized carbons (Fsp3) is 0.833. The van der Waals surface area contributed by atoms with E-state index in [2.05, 4.69) is 5.32 Å². The minimum absolute atomic E-state index is 0.0932. The highest BCUT2D eigenvalue weighted by Crippen LogP contribution is 2.39. The monoisotopic (exact) mass is 257 g/mol. The molecule has 1 atom stereocenters. The number of carbonyl (C=O) groups is 2. The molecule has 4 nitrogen and oxygen atoms in total. The lowest BCUT2D eigenvalue weighted by atomic mass is 9.95. The molecule has 5 heteroatoms. The van der Waals surface area contributed by atoms with Crippen LogP contribution in [0, 0.1) is 0 Å². The van der Waals surface area contributed by atoms with E-state index in [4.69, 9.17) is 0 Å². The second-order valence-corrected chi connectivity index (χ2v) is 6.83. The van der Waals surface area contributed by atoms with Gasteiger partial charge in [0.2, 0.25) is 5.91 Å². The average molecular weight is 257 g/mol. The van der Waals surface area contributed by atoms with E-state index < -0.39 is 16.3 Å². The molecule has 2 rings (SSSR count). The first-order valence-electron chi connectivity index (χ1n) is 6.19. The average Bonchev–Trinajstić information content (AvgIpc) is 2.88. The lowest BCUT2D eigenvalue weighted by Gasteiger charge is -2.30. The zero-order chi connectivity index (χ0) is 12.5. The van der Waals surface area contributed by atoms with Gasteiger partial charge in [-0.3, -0.25) is 4.79 Å². The highest BCUT2D eigenvalue weighted by molar-refractivity contribution is 8.01. The van der Waals surface area contributed by atoms with Gasteiger partial charge in [0.1, 0.15) is 5.54 Å². The molecule has 96 valence electrons. The largest absolute Gasteiger partial charge is 0.480 e. The lowest BCUT2D eigenvalue weighted by molar-refractivity contribution is -0.147. The van der Waals surface area contributed by atoms with E-state index in [1.807, 2.05) is 6.92 Å². The van der Waals surface area contributed by atoms with Crippen LogP contribution < -0.4 is 5.32 Å². The van der Waals surface area contributed by atoms with Crippen LogP contribution >= 0.6 is 11.8 Å². The van der Waals surface area contributed by atoms with Gasteiger partial charge in [0.25, 0.3) is 0 Å². The Bertz CT molecular complexity index is 331. The number of nitrogens with one attached hydrogen (secondary N) is 1. The van der Waals surface area contributed by atoms with E-state index in [0.717, 1.165) is 31.4 Å². The second-order valence-electron chi connectivity index (χ2n) is 5.23. The molecule has 1 heterocycles. The van der Waals surface area contributed by atoms with Crippen molar-refractivity contribution in [2.75, 3.05) is 5.75 Å². The third-order valence-corrected chi connectivity index (χ3v) is 5.44. The number of hydrogen-bond donors (Lipinski definition) is 2. The van der Waals surface area contributed by atoms with Crippen molar-refractivity contribution < 1.29 is 14.7 Å². The predicted molar refractivity (Wildman–Crippen MR) is 67.1 cm³/mol. The molecule has 1 saturated carbocycles. The number of rotatable bonds is 3. The van der Waals surface area contributed by atoms with Crippen LogP contribution in [-0.2, 0) is 9.59 Å². The number of amides is 1. The van der Waals surface area contributed by atoms with E-state index in [-0.39, 0.29) is 5.91 Å². The van der Waals surface area contributed by atoms with E-state index in [1.54, 1.807) is 11.8 Å². The van der Waals surface area contributed by atoms with Crippen molar-refractivity contribution >= 4 is 23.6 Å². The maximum absolute atomic E-state index is 12.2. The molecule has 0 aromatic rings. The van der Waals surface area contributed by atoms with Gasteiger partial charge in [-0.1, -0.05) is 12.8 Å². The number of carbonyl (C=O) groups excluding carboxylic acids is 1. The van der Waals surface area contributed by atoms with Crippen LogP contribution in [0.3, 0.4) is 0 Å². The third-order valence-electron chi connectivity index (χ3n) is 3.92. The number of hydrogen-bond acceptors (Lipinski definition) is 3. The smallest absolute Gasteiger partial charge is 0.329 e. The molecule has 2 aliphatic rings. The Morgan fingerprint density at radius 3 is 2.29 bits per heavy atom. The molecule has 1 saturated heterocycles. The molecule has 1 aliphatic carbocycles. The molecular weight excluding hydrogens is 238 g/mol. The molecule has 2 fully saturated rings. The SMILES string of the molecule is CC1(C(=O)NC2(C(=O)O)CCCC2)CCCS1. The van der Waals surface area contributed by atoms with Gasteiger partial charge in [0.05, 0.1) is 4.75 Å². The highest BCUT2D eigenvalue weighted by Gasteiger charge is 2.47. The zero-order valence-corrected chi connectivity index (χ0v) is 10.9. The summed E-state index contributed by atoms with van der Waals surface area (Å²) in [4.78, 5) is 23.6. The number of thioether (sulfide) groups is 1. The maximum atomic E-state index is 12.2. The summed E-state index contributed by atoms with van der Waals surface area (Å²) in [6.45, 7) is 1.92. The number of aliphatic carboxylic acids is 1. The van der Waals surface area contributed by atoms with Gasteiger partial charge in [-0.2, -0.15) is 0 Å². The molecule has 0 aromatic heterocycles. The molecule has 1 unspecified atom stereocenters. The lowest BCUT2D eigenvalue weighted by Crippen LogP contribution is -2.57. The van der Waals surface area contributed by atoms with Crippen LogP contribution in [0.2, 0.25) is 0 Å². The summed E-state index contributed by atoms with van der Waals surface area (Å²) in [6.07, 6.45) is 4.78. The standard InChI is InChI=1S/C12H19NO3S/c1-11(5-4-8-17-11)9(14)13-12(10(15)16)6-2-3-7-12/h2-8H2,1H3,(H,13,14)(H,15,16). The van der Waals surface area contributed by atoms with Crippen molar-refractivity contribution in [1.82, 2.24) is 5.32 Å². The Morgan fingerprint density at radius 1 is 1.18 bits per heavy atom. The molecule has 1 aliphatic heterocycles. The summed E-state index contributed by atoms with van der Waals surface area (Å²) in [6, 6.07) is 0. The van der Waals surface area contributed by atoms with Gasteiger partial charge >= 0.3 is 5.97 Å². The van der Waals surface area contributed by atoms with Crippen molar-refractivity contribution in [2.45, 2.75) is 55.7 Å². The fourth-order valence-electron chi connectivity index (χ4n) is 2.68. The summed E-state index contributed by atoms with van der Waals surface area (Å²) in [5.41, 5.74) is -0.997. The van der Waals surface area contributed by atoms with E-state index in [1.165, 1.54) is 0 Å². The maximum Gasteiger partial charge on any atom is 0.329 e. The minimum atomic E-state index is -0.997. The van der Waals surface area contributed by atoms with E-state index in [9.17, 15) is 14.7 Å². The van der Waals surface area contributed by atoms with E-state index >= 15 is 0 Å². The zero-order valence-electron chi connectivity index (χ0n) is 10.1. The van der Waals surface area contributed by atoms with Crippen LogP contribution in [-0.4, -0.2) is 33.0 Å². The molecular formula is C12H19NO3S. The Balaban J connectivity index is 2.08. The van der Waals surface area contributed by atoms with Crippen molar-refractivity contribution in [2.24, 2.45) is 0 Å². The van der Waals surface area contributed by atoms with Gasteiger partial charge in [-0.15, -0.1) is 11.8 Å². The molecule has 17 heavy (non-hydrogen) atoms. The normalized spacial score (nSPS) is 31.4. The predicted octanol–water partition coefficient (Wildman–Crippen LogP) is 1.79. The minimum Gasteiger partial charge on any atom is -0.480 e. The molecule has 0 radical (unpaired) electrons. The van der Waals surface area contributed by atoms with Crippen LogP contribution in [0.25, 0.3) is 0 Å². The summed E-state index contributed by atoms with van der Waals surface area (Å²) < 4.78 is -0.426. The van der Waals surface area contributed by atoms with Crippen LogP contribution in [0.1, 0.15) is 45.4 Å².